The first kappa shape index (κ1) is 66.5. The summed E-state index contributed by atoms with van der Waals surface area (Å²) in [6.45, 7) is 7.52. The van der Waals surface area contributed by atoms with Crippen LogP contribution in [0.15, 0.2) is 60.7 Å². The molecule has 0 radical (unpaired) electrons. The van der Waals surface area contributed by atoms with Gasteiger partial charge in [0, 0.05) is 25.9 Å². The molecule has 450 valence electrons. The largest absolute Gasteiger partial charge is 0.481 e. The number of carbonyl (C=O) groups is 12. The fourth-order valence-electron chi connectivity index (χ4n) is 9.37. The van der Waals surface area contributed by atoms with Crippen LogP contribution in [0.4, 0.5) is 0 Å². The molecule has 0 saturated carbocycles. The second-order valence-electron chi connectivity index (χ2n) is 21.2. The Hall–Kier alpha value is -8.04. The summed E-state index contributed by atoms with van der Waals surface area (Å²) in [5.74, 6) is -12.1. The maximum absolute atomic E-state index is 14.2. The van der Waals surface area contributed by atoms with E-state index in [-0.39, 0.29) is 38.8 Å². The summed E-state index contributed by atoms with van der Waals surface area (Å²) in [7, 11) is 0. The van der Waals surface area contributed by atoms with Crippen LogP contribution in [0.2, 0.25) is 0 Å². The lowest BCUT2D eigenvalue weighted by Gasteiger charge is -2.34. The van der Waals surface area contributed by atoms with Gasteiger partial charge in [0.2, 0.25) is 59.1 Å². The van der Waals surface area contributed by atoms with Gasteiger partial charge in [-0.2, -0.15) is 0 Å². The molecule has 2 saturated heterocycles. The minimum Gasteiger partial charge on any atom is -0.481 e. The van der Waals surface area contributed by atoms with Gasteiger partial charge >= 0.3 is 11.9 Å². The van der Waals surface area contributed by atoms with E-state index in [1.54, 1.807) is 58.0 Å². The molecule has 10 amide bonds. The number of hydrogen-bond donors (Lipinski definition) is 13. The van der Waals surface area contributed by atoms with Crippen molar-refractivity contribution in [2.24, 2.45) is 17.6 Å². The van der Waals surface area contributed by atoms with Crippen LogP contribution in [0, 0.1) is 11.8 Å². The Balaban J connectivity index is 1.33. The average Bonchev–Trinajstić information content (AvgIpc) is 4.15. The van der Waals surface area contributed by atoms with E-state index in [0.29, 0.717) is 18.4 Å². The summed E-state index contributed by atoms with van der Waals surface area (Å²) in [6.07, 6.45) is -1.39. The first-order valence-corrected chi connectivity index (χ1v) is 27.3. The van der Waals surface area contributed by atoms with Crippen LogP contribution in [-0.2, 0) is 70.4 Å². The zero-order valence-corrected chi connectivity index (χ0v) is 46.9. The standard InChI is InChI=1S/C55H79N11O16/c1-29(2)43(52(78)57-27-41(69)59-38(28-67)49(75)60-36(21-22-42(70)71)48(74)58-31(5)46(72)61-37(55(81)82)26-34-17-11-8-12-18-34)62-50(76)39-19-14-24-66(39)54(80)45(32(6)68)64-51(77)40-20-13-23-65(40)53(79)44(30(3)4)63-47(73)35(56)25-33-15-9-7-10-16-33/h7-12,15-18,29-32,35-40,43-45,67-68H,13-14,19-28,56H2,1-6H3,(H,57,78)(H,58,74)(H,59,69)(H,60,75)(H,61,72)(H,62,76)(H,63,73)(H,64,77)(H,70,71)(H,81,82)/t31-,32+,35-,36-,37-,38-,39-,40-,43-,44-,45-/m0/s1. The van der Waals surface area contributed by atoms with Crippen LogP contribution in [0.5, 0.6) is 0 Å². The highest BCUT2D eigenvalue weighted by molar-refractivity contribution is 5.99. The predicted octanol–water partition coefficient (Wildman–Crippen LogP) is -3.05. The molecule has 0 spiro atoms. The topological polar surface area (TPSA) is 414 Å². The molecule has 0 bridgehead atoms. The molecule has 14 N–H and O–H groups in total. The lowest BCUT2D eigenvalue weighted by Crippen LogP contribution is -2.61. The molecule has 4 rings (SSSR count). The molecule has 2 aromatic carbocycles. The van der Waals surface area contributed by atoms with Crippen LogP contribution in [0.1, 0.15) is 91.2 Å². The van der Waals surface area contributed by atoms with Gasteiger partial charge in [-0.25, -0.2) is 4.79 Å². The van der Waals surface area contributed by atoms with Gasteiger partial charge in [0.05, 0.1) is 25.3 Å². The van der Waals surface area contributed by atoms with E-state index < -0.39 is 175 Å². The lowest BCUT2D eigenvalue weighted by atomic mass is 10.00. The van der Waals surface area contributed by atoms with Crippen LogP contribution in [0.3, 0.4) is 0 Å². The number of rotatable bonds is 30. The first-order chi connectivity index (χ1) is 38.7. The van der Waals surface area contributed by atoms with Crippen LogP contribution in [-0.4, -0.2) is 194 Å². The minimum atomic E-state index is -1.76. The normalized spacial score (nSPS) is 18.2. The second kappa shape index (κ2) is 31.8. The predicted molar refractivity (Wildman–Crippen MR) is 293 cm³/mol. The number of likely N-dealkylation sites (tertiary alicyclic amines) is 2. The molecule has 11 atom stereocenters. The Morgan fingerprint density at radius 1 is 0.561 bits per heavy atom. The van der Waals surface area contributed by atoms with Gasteiger partial charge in [0.15, 0.2) is 0 Å². The molecule has 0 aliphatic carbocycles. The minimum absolute atomic E-state index is 0.0380. The van der Waals surface area contributed by atoms with Gasteiger partial charge < -0.3 is 78.5 Å². The van der Waals surface area contributed by atoms with Crippen molar-refractivity contribution < 1.29 is 78.0 Å². The summed E-state index contributed by atoms with van der Waals surface area (Å²) < 4.78 is 0. The maximum Gasteiger partial charge on any atom is 0.326 e. The van der Waals surface area contributed by atoms with Crippen molar-refractivity contribution in [1.82, 2.24) is 52.3 Å². The highest BCUT2D eigenvalue weighted by Crippen LogP contribution is 2.24. The molecule has 2 aliphatic rings. The monoisotopic (exact) mass is 1150 g/mol. The zero-order chi connectivity index (χ0) is 61.0. The number of hydrogen-bond acceptors (Lipinski definition) is 15. The number of aliphatic carboxylic acids is 2. The summed E-state index contributed by atoms with van der Waals surface area (Å²) in [5.41, 5.74) is 7.64. The number of benzene rings is 2. The molecule has 0 unspecified atom stereocenters. The Bertz CT molecular complexity index is 2590. The van der Waals surface area contributed by atoms with Crippen LogP contribution < -0.4 is 48.3 Å². The number of carboxylic acids is 2. The van der Waals surface area contributed by atoms with Crippen molar-refractivity contribution in [3.8, 4) is 0 Å². The molecule has 27 nitrogen and oxygen atoms in total. The Morgan fingerprint density at radius 3 is 1.54 bits per heavy atom. The number of aliphatic hydroxyl groups excluding tert-OH is 2. The van der Waals surface area contributed by atoms with E-state index in [9.17, 15) is 78.0 Å². The molecule has 2 fully saturated rings. The van der Waals surface area contributed by atoms with E-state index in [1.807, 2.05) is 30.3 Å². The third-order valence-corrected chi connectivity index (χ3v) is 14.0. The summed E-state index contributed by atoms with van der Waals surface area (Å²) >= 11 is 0. The van der Waals surface area contributed by atoms with Crippen LogP contribution in [0.25, 0.3) is 0 Å². The lowest BCUT2D eigenvalue weighted by molar-refractivity contribution is -0.146. The van der Waals surface area contributed by atoms with Crippen LogP contribution >= 0.6 is 0 Å². The smallest absolute Gasteiger partial charge is 0.326 e. The molecule has 2 aromatic rings. The number of aliphatic hydroxyl groups is 2. The number of carboxylic acid groups (broad SMARTS) is 2. The molecule has 82 heavy (non-hydrogen) atoms. The third kappa shape index (κ3) is 19.6. The fraction of sp³-hybridized carbons (Fsp3) is 0.564. The maximum atomic E-state index is 14.2. The zero-order valence-electron chi connectivity index (χ0n) is 46.9. The Kier molecular flexibility index (Phi) is 25.8. The van der Waals surface area contributed by atoms with Crippen molar-refractivity contribution in [1.29, 1.82) is 0 Å². The third-order valence-electron chi connectivity index (χ3n) is 14.0. The summed E-state index contributed by atoms with van der Waals surface area (Å²) in [5, 5.41) is 59.3. The number of nitrogens with two attached hydrogens (primary N) is 1. The molecular weight excluding hydrogens is 1070 g/mol. The van der Waals surface area contributed by atoms with E-state index in [0.717, 1.165) is 5.56 Å². The van der Waals surface area contributed by atoms with Crippen molar-refractivity contribution in [3.63, 3.8) is 0 Å². The fourth-order valence-corrected chi connectivity index (χ4v) is 9.37. The highest BCUT2D eigenvalue weighted by atomic mass is 16.4. The number of nitrogens with one attached hydrogen (secondary N) is 8. The Labute approximate surface area is 475 Å². The molecular formula is C55H79N11O16. The van der Waals surface area contributed by atoms with Gasteiger partial charge in [0.25, 0.3) is 0 Å². The van der Waals surface area contributed by atoms with Gasteiger partial charge in [-0.15, -0.1) is 0 Å². The van der Waals surface area contributed by atoms with Crippen molar-refractivity contribution in [3.05, 3.63) is 71.8 Å². The SMILES string of the molecule is CC(C)[C@H](NC(=O)[C@@H]1CCCN1C(=O)[C@@H](NC(=O)[C@@H]1CCCN1C(=O)[C@@H](NC(=O)[C@@H](N)Cc1ccccc1)C(C)C)[C@@H](C)O)C(=O)NCC(=O)N[C@@H](CO)C(=O)N[C@@H](CCC(=O)O)C(=O)N[C@@H](C)C(=O)N[C@@H](Cc1ccccc1)C(=O)O. The van der Waals surface area contributed by atoms with E-state index in [2.05, 4.69) is 42.5 Å². The molecule has 27 heteroatoms. The average molecular weight is 1150 g/mol. The number of amides is 10. The summed E-state index contributed by atoms with van der Waals surface area (Å²) in [6, 6.07) is 4.26. The van der Waals surface area contributed by atoms with Gasteiger partial charge in [-0.05, 0) is 75.3 Å². The van der Waals surface area contributed by atoms with Gasteiger partial charge in [0.1, 0.15) is 54.4 Å². The molecule has 2 heterocycles. The number of carbonyl (C=O) groups excluding carboxylic acids is 10. The second-order valence-corrected chi connectivity index (χ2v) is 21.2. The first-order valence-electron chi connectivity index (χ1n) is 27.3. The van der Waals surface area contributed by atoms with Gasteiger partial charge in [-0.3, -0.25) is 52.7 Å². The van der Waals surface area contributed by atoms with Gasteiger partial charge in [-0.1, -0.05) is 88.4 Å². The molecule has 0 aromatic heterocycles. The highest BCUT2D eigenvalue weighted by Gasteiger charge is 2.44. The van der Waals surface area contributed by atoms with E-state index >= 15 is 0 Å². The number of nitrogens with zero attached hydrogens (tertiary/aromatic N) is 2. The van der Waals surface area contributed by atoms with Crippen molar-refractivity contribution in [2.75, 3.05) is 26.2 Å². The van der Waals surface area contributed by atoms with Crippen molar-refractivity contribution >= 4 is 71.0 Å². The summed E-state index contributed by atoms with van der Waals surface area (Å²) in [4.78, 5) is 161. The Morgan fingerprint density at radius 2 is 1.05 bits per heavy atom. The quantitative estimate of drug-likeness (QED) is 0.0369. The molecule has 2 aliphatic heterocycles. The van der Waals surface area contributed by atoms with E-state index in [1.165, 1.54) is 23.6 Å². The van der Waals surface area contributed by atoms with E-state index in [4.69, 9.17) is 5.73 Å². The van der Waals surface area contributed by atoms with Crippen molar-refractivity contribution in [2.45, 2.75) is 159 Å².